The lowest BCUT2D eigenvalue weighted by Crippen LogP contribution is -2.00. The van der Waals surface area contributed by atoms with Gasteiger partial charge in [0, 0.05) is 11.3 Å². The van der Waals surface area contributed by atoms with Crippen molar-refractivity contribution in [1.29, 1.82) is 0 Å². The topological polar surface area (TPSA) is 72.3 Å². The van der Waals surface area contributed by atoms with Crippen LogP contribution in [0, 0.1) is 6.92 Å². The van der Waals surface area contributed by atoms with Gasteiger partial charge >= 0.3 is 5.97 Å². The Kier molecular flexibility index (Phi) is 4.57. The third-order valence-corrected chi connectivity index (χ3v) is 3.42. The molecule has 0 radical (unpaired) electrons. The van der Waals surface area contributed by atoms with Crippen LogP contribution in [0.25, 0.3) is 11.4 Å². The molecular formula is C14H14N2O3S. The van der Waals surface area contributed by atoms with Gasteiger partial charge in [0.25, 0.3) is 0 Å². The highest BCUT2D eigenvalue weighted by Crippen LogP contribution is 2.23. The van der Waals surface area contributed by atoms with Crippen molar-refractivity contribution in [3.63, 3.8) is 0 Å². The molecule has 0 unspecified atom stereocenters. The van der Waals surface area contributed by atoms with E-state index in [0.717, 1.165) is 17.0 Å². The molecule has 1 heterocycles. The number of nitrogens with zero attached hydrogens (tertiary/aromatic N) is 2. The van der Waals surface area contributed by atoms with Crippen LogP contribution in [0.4, 0.5) is 0 Å². The molecule has 0 fully saturated rings. The summed E-state index contributed by atoms with van der Waals surface area (Å²) in [6, 6.07) is 9.20. The average Bonchev–Trinajstić information content (AvgIpc) is 2.44. The average molecular weight is 290 g/mol. The van der Waals surface area contributed by atoms with E-state index >= 15 is 0 Å². The molecule has 0 amide bonds. The van der Waals surface area contributed by atoms with Gasteiger partial charge in [0.05, 0.1) is 12.9 Å². The van der Waals surface area contributed by atoms with Crippen molar-refractivity contribution in [3.8, 4) is 17.1 Å². The Labute approximate surface area is 121 Å². The van der Waals surface area contributed by atoms with Crippen LogP contribution in [-0.4, -0.2) is 33.9 Å². The lowest BCUT2D eigenvalue weighted by atomic mass is 10.2. The van der Waals surface area contributed by atoms with Gasteiger partial charge < -0.3 is 9.84 Å². The number of aryl methyl sites for hydroxylation is 1. The Morgan fingerprint density at radius 2 is 2.00 bits per heavy atom. The van der Waals surface area contributed by atoms with Gasteiger partial charge in [-0.05, 0) is 37.3 Å². The van der Waals surface area contributed by atoms with E-state index < -0.39 is 5.97 Å². The summed E-state index contributed by atoms with van der Waals surface area (Å²) in [6.45, 7) is 1.86. The zero-order chi connectivity index (χ0) is 14.5. The minimum atomic E-state index is -0.864. The first kappa shape index (κ1) is 14.3. The van der Waals surface area contributed by atoms with Crippen molar-refractivity contribution < 1.29 is 14.6 Å². The summed E-state index contributed by atoms with van der Waals surface area (Å²) in [5.74, 6) is 0.470. The molecule has 2 rings (SSSR count). The van der Waals surface area contributed by atoms with Crippen molar-refractivity contribution >= 4 is 17.7 Å². The minimum Gasteiger partial charge on any atom is -0.497 e. The summed E-state index contributed by atoms with van der Waals surface area (Å²) in [6.07, 6.45) is 0. The molecule has 5 nitrogen and oxygen atoms in total. The number of aliphatic carboxylic acids is 1. The molecule has 1 aromatic heterocycles. The first-order valence-electron chi connectivity index (χ1n) is 5.93. The van der Waals surface area contributed by atoms with Gasteiger partial charge in [-0.2, -0.15) is 0 Å². The number of rotatable bonds is 5. The molecule has 1 aromatic carbocycles. The van der Waals surface area contributed by atoms with Crippen LogP contribution < -0.4 is 4.74 Å². The molecule has 0 atom stereocenters. The van der Waals surface area contributed by atoms with Gasteiger partial charge in [-0.3, -0.25) is 4.79 Å². The second-order valence-electron chi connectivity index (χ2n) is 4.08. The molecule has 0 aliphatic rings. The maximum atomic E-state index is 10.6. The smallest absolute Gasteiger partial charge is 0.313 e. The molecule has 0 spiro atoms. The van der Waals surface area contributed by atoms with E-state index in [2.05, 4.69) is 9.97 Å². The number of benzene rings is 1. The molecule has 0 aliphatic heterocycles. The molecule has 6 heteroatoms. The molecule has 0 bridgehead atoms. The highest BCUT2D eigenvalue weighted by molar-refractivity contribution is 7.99. The fraction of sp³-hybridized carbons (Fsp3) is 0.214. The largest absolute Gasteiger partial charge is 0.497 e. The van der Waals surface area contributed by atoms with Gasteiger partial charge in [0.15, 0.2) is 5.82 Å². The second-order valence-corrected chi connectivity index (χ2v) is 5.08. The molecule has 0 saturated heterocycles. The number of thioether (sulfide) groups is 1. The van der Waals surface area contributed by atoms with E-state index in [1.165, 1.54) is 11.8 Å². The van der Waals surface area contributed by atoms with Crippen molar-refractivity contribution in [1.82, 2.24) is 9.97 Å². The number of carbonyl (C=O) groups is 1. The maximum Gasteiger partial charge on any atom is 0.313 e. The Hall–Kier alpha value is -2.08. The van der Waals surface area contributed by atoms with Gasteiger partial charge in [-0.1, -0.05) is 11.8 Å². The van der Waals surface area contributed by atoms with E-state index in [1.54, 1.807) is 13.2 Å². The van der Waals surface area contributed by atoms with Crippen LogP contribution in [0.2, 0.25) is 0 Å². The highest BCUT2D eigenvalue weighted by Gasteiger charge is 2.07. The van der Waals surface area contributed by atoms with Crippen LogP contribution in [0.3, 0.4) is 0 Å². The fourth-order valence-electron chi connectivity index (χ4n) is 1.62. The molecule has 2 aromatic rings. The SMILES string of the molecule is COc1ccc(-c2nc(C)cc(SCC(=O)O)n2)cc1. The van der Waals surface area contributed by atoms with Crippen LogP contribution in [0.5, 0.6) is 5.75 Å². The van der Waals surface area contributed by atoms with E-state index in [0.29, 0.717) is 10.9 Å². The highest BCUT2D eigenvalue weighted by atomic mass is 32.2. The third-order valence-electron chi connectivity index (χ3n) is 2.52. The predicted octanol–water partition coefficient (Wildman–Crippen LogP) is 2.64. The number of carboxylic acid groups (broad SMARTS) is 1. The van der Waals surface area contributed by atoms with Crippen molar-refractivity contribution in [2.45, 2.75) is 11.9 Å². The van der Waals surface area contributed by atoms with E-state index in [1.807, 2.05) is 31.2 Å². The van der Waals surface area contributed by atoms with E-state index in [4.69, 9.17) is 9.84 Å². The Bertz CT molecular complexity index is 614. The summed E-state index contributed by atoms with van der Waals surface area (Å²) in [5.41, 5.74) is 1.67. The van der Waals surface area contributed by atoms with E-state index in [9.17, 15) is 4.79 Å². The summed E-state index contributed by atoms with van der Waals surface area (Å²) >= 11 is 1.18. The van der Waals surface area contributed by atoms with Gasteiger partial charge in [-0.25, -0.2) is 9.97 Å². The molecule has 0 aliphatic carbocycles. The van der Waals surface area contributed by atoms with Crippen LogP contribution in [0.15, 0.2) is 35.4 Å². The third kappa shape index (κ3) is 3.71. The number of hydrogen-bond acceptors (Lipinski definition) is 5. The first-order chi connectivity index (χ1) is 9.58. The second kappa shape index (κ2) is 6.38. The minimum absolute atomic E-state index is 0.0154. The Morgan fingerprint density at radius 1 is 1.30 bits per heavy atom. The van der Waals surface area contributed by atoms with Crippen LogP contribution in [0.1, 0.15) is 5.69 Å². The molecule has 104 valence electrons. The van der Waals surface area contributed by atoms with E-state index in [-0.39, 0.29) is 5.75 Å². The lowest BCUT2D eigenvalue weighted by Gasteiger charge is -2.06. The zero-order valence-electron chi connectivity index (χ0n) is 11.2. The summed E-state index contributed by atoms with van der Waals surface area (Å²) < 4.78 is 5.11. The van der Waals surface area contributed by atoms with Crippen molar-refractivity contribution in [2.75, 3.05) is 12.9 Å². The summed E-state index contributed by atoms with van der Waals surface area (Å²) in [7, 11) is 1.61. The molecule has 20 heavy (non-hydrogen) atoms. The molecule has 0 saturated carbocycles. The van der Waals surface area contributed by atoms with Crippen molar-refractivity contribution in [3.05, 3.63) is 36.0 Å². The quantitative estimate of drug-likeness (QED) is 0.674. The molecule has 1 N–H and O–H groups in total. The number of carboxylic acids is 1. The Balaban J connectivity index is 2.28. The maximum absolute atomic E-state index is 10.6. The van der Waals surface area contributed by atoms with Gasteiger partial charge in [0.1, 0.15) is 10.8 Å². The Morgan fingerprint density at radius 3 is 2.60 bits per heavy atom. The molecular weight excluding hydrogens is 276 g/mol. The first-order valence-corrected chi connectivity index (χ1v) is 6.92. The predicted molar refractivity (Wildman–Crippen MR) is 77.1 cm³/mol. The van der Waals surface area contributed by atoms with Crippen molar-refractivity contribution in [2.24, 2.45) is 0 Å². The van der Waals surface area contributed by atoms with Crippen LogP contribution >= 0.6 is 11.8 Å². The monoisotopic (exact) mass is 290 g/mol. The van der Waals surface area contributed by atoms with Crippen LogP contribution in [-0.2, 0) is 4.79 Å². The number of ether oxygens (including phenoxy) is 1. The number of hydrogen-bond donors (Lipinski definition) is 1. The van der Waals surface area contributed by atoms with Gasteiger partial charge in [0.2, 0.25) is 0 Å². The number of methoxy groups -OCH3 is 1. The normalized spacial score (nSPS) is 10.3. The standard InChI is InChI=1S/C14H14N2O3S/c1-9-7-12(20-8-13(17)18)16-14(15-9)10-3-5-11(19-2)6-4-10/h3-7H,8H2,1-2H3,(H,17,18). The fourth-order valence-corrected chi connectivity index (χ4v) is 2.29. The van der Waals surface area contributed by atoms with Gasteiger partial charge in [-0.15, -0.1) is 0 Å². The zero-order valence-corrected chi connectivity index (χ0v) is 12.0. The number of aromatic nitrogens is 2. The summed E-state index contributed by atoms with van der Waals surface area (Å²) in [4.78, 5) is 19.4. The summed E-state index contributed by atoms with van der Waals surface area (Å²) in [5, 5.41) is 9.37. The lowest BCUT2D eigenvalue weighted by molar-refractivity contribution is -0.133.